The van der Waals surface area contributed by atoms with E-state index in [1.807, 2.05) is 0 Å². The zero-order valence-electron chi connectivity index (χ0n) is 5.77. The standard InChI is InChI=1S/C8H7NO2/c10-5-8(6-11)7-1-3-9-4-2-7/h1-6,10H/b8-5+. The normalized spacial score (nSPS) is 11.1. The van der Waals surface area contributed by atoms with Crippen molar-refractivity contribution in [3.63, 3.8) is 0 Å². The van der Waals surface area contributed by atoms with Gasteiger partial charge in [-0.25, -0.2) is 0 Å². The van der Waals surface area contributed by atoms with E-state index in [1.54, 1.807) is 24.5 Å². The summed E-state index contributed by atoms with van der Waals surface area (Å²) < 4.78 is 0. The highest BCUT2D eigenvalue weighted by atomic mass is 16.2. The van der Waals surface area contributed by atoms with E-state index in [0.29, 0.717) is 11.8 Å². The zero-order valence-corrected chi connectivity index (χ0v) is 5.77. The average molecular weight is 149 g/mol. The highest BCUT2D eigenvalue weighted by Gasteiger charge is 1.96. The Morgan fingerprint density at radius 2 is 2.09 bits per heavy atom. The summed E-state index contributed by atoms with van der Waals surface area (Å²) in [5.74, 6) is 0. The molecule has 0 unspecified atom stereocenters. The number of aromatic nitrogens is 1. The molecular formula is C8H7NO2. The van der Waals surface area contributed by atoms with Gasteiger partial charge >= 0.3 is 0 Å². The molecule has 0 spiro atoms. The van der Waals surface area contributed by atoms with Gasteiger partial charge in [0.05, 0.1) is 11.8 Å². The maximum atomic E-state index is 10.3. The SMILES string of the molecule is O=C/C(=C\O)c1ccncc1. The largest absolute Gasteiger partial charge is 0.515 e. The Hall–Kier alpha value is -1.64. The number of aliphatic hydroxyl groups is 1. The molecule has 3 heteroatoms. The Labute approximate surface area is 64.0 Å². The molecule has 1 aromatic rings. The number of hydrogen-bond acceptors (Lipinski definition) is 3. The Morgan fingerprint density at radius 1 is 1.45 bits per heavy atom. The summed E-state index contributed by atoms with van der Waals surface area (Å²) in [7, 11) is 0. The molecule has 1 heterocycles. The quantitative estimate of drug-likeness (QED) is 0.390. The van der Waals surface area contributed by atoms with Gasteiger partial charge in [0.25, 0.3) is 0 Å². The molecule has 1 N–H and O–H groups in total. The second kappa shape index (κ2) is 3.51. The minimum atomic E-state index is 0.257. The monoisotopic (exact) mass is 149 g/mol. The third-order valence-electron chi connectivity index (χ3n) is 1.28. The van der Waals surface area contributed by atoms with E-state index in [2.05, 4.69) is 4.98 Å². The van der Waals surface area contributed by atoms with Crippen LogP contribution < -0.4 is 0 Å². The van der Waals surface area contributed by atoms with Gasteiger partial charge in [0, 0.05) is 12.4 Å². The molecule has 0 saturated carbocycles. The summed E-state index contributed by atoms with van der Waals surface area (Å²) in [5.41, 5.74) is 0.921. The van der Waals surface area contributed by atoms with Crippen LogP contribution >= 0.6 is 0 Å². The lowest BCUT2D eigenvalue weighted by atomic mass is 10.1. The molecular weight excluding hydrogens is 142 g/mol. The van der Waals surface area contributed by atoms with Gasteiger partial charge in [-0.15, -0.1) is 0 Å². The Balaban J connectivity index is 3.01. The second-order valence-corrected chi connectivity index (χ2v) is 1.94. The minimum absolute atomic E-state index is 0.257. The molecule has 0 fully saturated rings. The lowest BCUT2D eigenvalue weighted by Crippen LogP contribution is -1.85. The van der Waals surface area contributed by atoms with E-state index in [0.717, 1.165) is 6.26 Å². The number of carbonyl (C=O) groups excluding carboxylic acids is 1. The van der Waals surface area contributed by atoms with Gasteiger partial charge in [0.15, 0.2) is 6.29 Å². The molecule has 1 rings (SSSR count). The fraction of sp³-hybridized carbons (Fsp3) is 0. The van der Waals surface area contributed by atoms with E-state index >= 15 is 0 Å². The van der Waals surface area contributed by atoms with Gasteiger partial charge in [0.2, 0.25) is 0 Å². The van der Waals surface area contributed by atoms with Crippen molar-refractivity contribution in [3.8, 4) is 0 Å². The predicted molar refractivity (Wildman–Crippen MR) is 40.9 cm³/mol. The number of aliphatic hydroxyl groups excluding tert-OH is 1. The first-order chi connectivity index (χ1) is 5.38. The Morgan fingerprint density at radius 3 is 2.55 bits per heavy atom. The van der Waals surface area contributed by atoms with Gasteiger partial charge in [-0.3, -0.25) is 9.78 Å². The molecule has 0 aliphatic carbocycles. The van der Waals surface area contributed by atoms with E-state index in [9.17, 15) is 4.79 Å². The fourth-order valence-corrected chi connectivity index (χ4v) is 0.717. The maximum Gasteiger partial charge on any atom is 0.153 e. The van der Waals surface area contributed by atoms with Crippen LogP contribution in [0, 0.1) is 0 Å². The van der Waals surface area contributed by atoms with E-state index in [1.165, 1.54) is 0 Å². The highest BCUT2D eigenvalue weighted by Crippen LogP contribution is 2.08. The van der Waals surface area contributed by atoms with Crippen LogP contribution in [0.5, 0.6) is 0 Å². The maximum absolute atomic E-state index is 10.3. The van der Waals surface area contributed by atoms with Crippen molar-refractivity contribution < 1.29 is 9.90 Å². The predicted octanol–water partition coefficient (Wildman–Crippen LogP) is 1.18. The van der Waals surface area contributed by atoms with Gasteiger partial charge in [-0.1, -0.05) is 0 Å². The van der Waals surface area contributed by atoms with Crippen LogP contribution in [0.4, 0.5) is 0 Å². The van der Waals surface area contributed by atoms with Crippen LogP contribution in [-0.4, -0.2) is 16.4 Å². The van der Waals surface area contributed by atoms with Crippen LogP contribution in [0.3, 0.4) is 0 Å². The van der Waals surface area contributed by atoms with Crippen molar-refractivity contribution in [2.24, 2.45) is 0 Å². The number of allylic oxidation sites excluding steroid dienone is 1. The second-order valence-electron chi connectivity index (χ2n) is 1.94. The van der Waals surface area contributed by atoms with Gasteiger partial charge in [-0.05, 0) is 17.7 Å². The number of rotatable bonds is 2. The summed E-state index contributed by atoms with van der Waals surface area (Å²) in [6, 6.07) is 3.30. The third-order valence-corrected chi connectivity index (χ3v) is 1.28. The first-order valence-electron chi connectivity index (χ1n) is 3.08. The van der Waals surface area contributed by atoms with Crippen molar-refractivity contribution in [2.75, 3.05) is 0 Å². The smallest absolute Gasteiger partial charge is 0.153 e. The minimum Gasteiger partial charge on any atom is -0.515 e. The molecule has 0 saturated heterocycles. The number of carbonyl (C=O) groups is 1. The molecule has 1 aromatic heterocycles. The Kier molecular flexibility index (Phi) is 2.38. The van der Waals surface area contributed by atoms with E-state index in [-0.39, 0.29) is 5.57 Å². The number of pyridine rings is 1. The molecule has 11 heavy (non-hydrogen) atoms. The summed E-state index contributed by atoms with van der Waals surface area (Å²) in [4.78, 5) is 14.1. The summed E-state index contributed by atoms with van der Waals surface area (Å²) in [5, 5.41) is 8.57. The van der Waals surface area contributed by atoms with E-state index in [4.69, 9.17) is 5.11 Å². The van der Waals surface area contributed by atoms with Crippen molar-refractivity contribution in [2.45, 2.75) is 0 Å². The van der Waals surface area contributed by atoms with Crippen molar-refractivity contribution in [3.05, 3.63) is 36.4 Å². The first-order valence-corrected chi connectivity index (χ1v) is 3.08. The molecule has 0 amide bonds. The highest BCUT2D eigenvalue weighted by molar-refractivity contribution is 6.06. The molecule has 56 valence electrons. The number of aldehydes is 1. The molecule has 0 bridgehead atoms. The summed E-state index contributed by atoms with van der Waals surface area (Å²) in [6.45, 7) is 0. The topological polar surface area (TPSA) is 50.2 Å². The molecule has 0 atom stereocenters. The summed E-state index contributed by atoms with van der Waals surface area (Å²) in [6.07, 6.45) is 4.49. The lowest BCUT2D eigenvalue weighted by molar-refractivity contribution is -0.103. The van der Waals surface area contributed by atoms with Gasteiger partial charge in [-0.2, -0.15) is 0 Å². The lowest BCUT2D eigenvalue weighted by Gasteiger charge is -1.94. The zero-order chi connectivity index (χ0) is 8.10. The van der Waals surface area contributed by atoms with Crippen LogP contribution in [0.25, 0.3) is 5.57 Å². The van der Waals surface area contributed by atoms with Gasteiger partial charge < -0.3 is 5.11 Å². The third kappa shape index (κ3) is 1.64. The van der Waals surface area contributed by atoms with Crippen LogP contribution in [0.2, 0.25) is 0 Å². The number of nitrogens with zero attached hydrogens (tertiary/aromatic N) is 1. The van der Waals surface area contributed by atoms with Crippen molar-refractivity contribution in [1.82, 2.24) is 4.98 Å². The van der Waals surface area contributed by atoms with Crippen LogP contribution in [0.15, 0.2) is 30.8 Å². The fourth-order valence-electron chi connectivity index (χ4n) is 0.717. The molecule has 3 nitrogen and oxygen atoms in total. The molecule has 0 radical (unpaired) electrons. The Bertz CT molecular complexity index is 267. The van der Waals surface area contributed by atoms with Crippen LogP contribution in [-0.2, 0) is 4.79 Å². The van der Waals surface area contributed by atoms with Crippen LogP contribution in [0.1, 0.15) is 5.56 Å². The van der Waals surface area contributed by atoms with E-state index < -0.39 is 0 Å². The molecule has 0 aliphatic heterocycles. The number of hydrogen-bond donors (Lipinski definition) is 1. The van der Waals surface area contributed by atoms with Gasteiger partial charge in [0.1, 0.15) is 0 Å². The van der Waals surface area contributed by atoms with Crippen molar-refractivity contribution >= 4 is 11.9 Å². The first kappa shape index (κ1) is 7.47. The average Bonchev–Trinajstić information content (AvgIpc) is 2.09. The molecule has 0 aromatic carbocycles. The molecule has 0 aliphatic rings. The van der Waals surface area contributed by atoms with Crippen molar-refractivity contribution in [1.29, 1.82) is 0 Å². The summed E-state index contributed by atoms with van der Waals surface area (Å²) >= 11 is 0.